The highest BCUT2D eigenvalue weighted by molar-refractivity contribution is 7.92. The monoisotopic (exact) mass is 584 g/mol. The standard InChI is InChI=1S/C24H20F8N2O4S/c25-15-3-5-16(6-4-15)39(37,38)21-9-10-34(20(36)12-19(33)35)18(21)8-1-13-11-14(2-7-17(13)21)22(26,23(27,28)29)24(30,31)32/h2-7,11,18H,1,8-10,12H2,(H2,33,35)/t18-,21-/m1/s1. The Hall–Kier alpha value is -3.23. The van der Waals surface area contributed by atoms with E-state index < -0.39 is 73.2 Å². The summed E-state index contributed by atoms with van der Waals surface area (Å²) in [5, 5.41) is 0. The van der Waals surface area contributed by atoms with Gasteiger partial charge in [-0.2, -0.15) is 26.3 Å². The molecule has 0 spiro atoms. The number of nitrogens with two attached hydrogens (primary N) is 1. The van der Waals surface area contributed by atoms with Gasteiger partial charge in [-0.3, -0.25) is 9.59 Å². The van der Waals surface area contributed by atoms with Crippen LogP contribution in [0.1, 0.15) is 36.0 Å². The molecule has 2 N–H and O–H groups in total. The molecule has 15 heteroatoms. The largest absolute Gasteiger partial charge is 0.435 e. The molecule has 0 radical (unpaired) electrons. The van der Waals surface area contributed by atoms with Gasteiger partial charge >= 0.3 is 18.0 Å². The number of nitrogens with zero attached hydrogens (tertiary/aromatic N) is 1. The van der Waals surface area contributed by atoms with Crippen molar-refractivity contribution in [2.45, 2.75) is 59.4 Å². The Morgan fingerprint density at radius 1 is 0.974 bits per heavy atom. The van der Waals surface area contributed by atoms with Crippen molar-refractivity contribution in [3.05, 3.63) is 65.0 Å². The number of carbonyl (C=O) groups is 2. The predicted molar refractivity (Wildman–Crippen MR) is 119 cm³/mol. The first-order valence-electron chi connectivity index (χ1n) is 11.4. The number of hydrogen-bond donors (Lipinski definition) is 1. The molecule has 2 aromatic carbocycles. The van der Waals surface area contributed by atoms with Crippen LogP contribution in [0.2, 0.25) is 0 Å². The number of amides is 2. The minimum Gasteiger partial charge on any atom is -0.369 e. The molecule has 0 unspecified atom stereocenters. The normalized spacial score (nSPS) is 21.8. The Labute approximate surface area is 216 Å². The third-order valence-corrected chi connectivity index (χ3v) is 9.86. The van der Waals surface area contributed by atoms with E-state index in [-0.39, 0.29) is 43.0 Å². The average Bonchev–Trinajstić information content (AvgIpc) is 3.23. The van der Waals surface area contributed by atoms with Gasteiger partial charge in [-0.05, 0) is 54.7 Å². The van der Waals surface area contributed by atoms with Crippen molar-refractivity contribution in [3.63, 3.8) is 0 Å². The summed E-state index contributed by atoms with van der Waals surface area (Å²) in [5.74, 6) is -2.60. The van der Waals surface area contributed by atoms with Crippen molar-refractivity contribution >= 4 is 21.7 Å². The number of primary amides is 1. The van der Waals surface area contributed by atoms with Gasteiger partial charge < -0.3 is 10.6 Å². The van der Waals surface area contributed by atoms with Gasteiger partial charge in [0.1, 0.15) is 17.0 Å². The molecule has 1 heterocycles. The molecule has 2 amide bonds. The molecule has 0 bridgehead atoms. The first-order chi connectivity index (χ1) is 17.9. The van der Waals surface area contributed by atoms with Crippen molar-refractivity contribution in [3.8, 4) is 0 Å². The fraction of sp³-hybridized carbons (Fsp3) is 0.417. The third kappa shape index (κ3) is 4.25. The third-order valence-electron chi connectivity index (χ3n) is 7.32. The number of alkyl halides is 7. The van der Waals surface area contributed by atoms with Crippen LogP contribution in [0.5, 0.6) is 0 Å². The van der Waals surface area contributed by atoms with E-state index in [1.807, 2.05) is 0 Å². The van der Waals surface area contributed by atoms with E-state index in [0.717, 1.165) is 29.2 Å². The van der Waals surface area contributed by atoms with Crippen molar-refractivity contribution in [2.75, 3.05) is 6.54 Å². The Morgan fingerprint density at radius 3 is 2.10 bits per heavy atom. The molecular formula is C24H20F8N2O4S. The highest BCUT2D eigenvalue weighted by atomic mass is 32.2. The fourth-order valence-electron chi connectivity index (χ4n) is 5.60. The smallest absolute Gasteiger partial charge is 0.369 e. The molecule has 0 saturated carbocycles. The molecule has 6 nitrogen and oxygen atoms in total. The number of benzene rings is 2. The molecule has 1 saturated heterocycles. The molecular weight excluding hydrogens is 564 g/mol. The number of fused-ring (bicyclic) bond motifs is 3. The second-order valence-corrected chi connectivity index (χ2v) is 11.6. The Bertz CT molecular complexity index is 1410. The molecule has 1 aliphatic heterocycles. The first-order valence-corrected chi connectivity index (χ1v) is 12.9. The highest BCUT2D eigenvalue weighted by Crippen LogP contribution is 2.56. The second-order valence-electron chi connectivity index (χ2n) is 9.41. The van der Waals surface area contributed by atoms with Gasteiger partial charge in [0.25, 0.3) is 0 Å². The summed E-state index contributed by atoms with van der Waals surface area (Å²) in [4.78, 5) is 24.8. The van der Waals surface area contributed by atoms with Crippen LogP contribution >= 0.6 is 0 Å². The van der Waals surface area contributed by atoms with Gasteiger partial charge in [0.05, 0.1) is 10.9 Å². The summed E-state index contributed by atoms with van der Waals surface area (Å²) in [6, 6.07) is 3.66. The quantitative estimate of drug-likeness (QED) is 0.324. The number of rotatable bonds is 5. The van der Waals surface area contributed by atoms with Gasteiger partial charge in [0.2, 0.25) is 11.8 Å². The van der Waals surface area contributed by atoms with E-state index in [1.165, 1.54) is 0 Å². The minimum atomic E-state index is -6.38. The molecule has 2 aliphatic rings. The maximum absolute atomic E-state index is 14.8. The van der Waals surface area contributed by atoms with Gasteiger partial charge in [-0.15, -0.1) is 0 Å². The zero-order chi connectivity index (χ0) is 29.2. The van der Waals surface area contributed by atoms with E-state index in [1.54, 1.807) is 0 Å². The van der Waals surface area contributed by atoms with Crippen LogP contribution in [0.25, 0.3) is 0 Å². The lowest BCUT2D eigenvalue weighted by Crippen LogP contribution is -2.53. The molecule has 39 heavy (non-hydrogen) atoms. The zero-order valence-electron chi connectivity index (χ0n) is 19.7. The highest BCUT2D eigenvalue weighted by Gasteiger charge is 2.73. The van der Waals surface area contributed by atoms with Gasteiger partial charge in [-0.1, -0.05) is 18.2 Å². The maximum Gasteiger partial charge on any atom is 0.435 e. The summed E-state index contributed by atoms with van der Waals surface area (Å²) in [5.41, 5.74) is -2.90. The van der Waals surface area contributed by atoms with Crippen LogP contribution in [0.15, 0.2) is 47.4 Å². The zero-order valence-corrected chi connectivity index (χ0v) is 20.6. The number of hydrogen-bond acceptors (Lipinski definition) is 4. The van der Waals surface area contributed by atoms with E-state index in [9.17, 15) is 53.1 Å². The van der Waals surface area contributed by atoms with Crippen molar-refractivity contribution in [1.29, 1.82) is 0 Å². The SMILES string of the molecule is NC(=O)CC(=O)N1CC[C@@]2(S(=O)(=O)c3ccc(F)cc3)c3ccc(C(F)(C(F)(F)F)C(F)(F)F)cc3CC[C@@H]12. The topological polar surface area (TPSA) is 97.5 Å². The second kappa shape index (κ2) is 9.17. The number of aryl methyl sites for hydroxylation is 1. The summed E-state index contributed by atoms with van der Waals surface area (Å²) < 4.78 is 135. The van der Waals surface area contributed by atoms with Crippen LogP contribution in [-0.4, -0.2) is 50.1 Å². The molecule has 0 aromatic heterocycles. The number of carbonyl (C=O) groups excluding carboxylic acids is 2. The lowest BCUT2D eigenvalue weighted by Gasteiger charge is -2.43. The van der Waals surface area contributed by atoms with Crippen molar-refractivity contribution in [1.82, 2.24) is 4.90 Å². The van der Waals surface area contributed by atoms with Gasteiger partial charge in [-0.25, -0.2) is 17.2 Å². The molecule has 4 rings (SSSR count). The van der Waals surface area contributed by atoms with E-state index >= 15 is 0 Å². The van der Waals surface area contributed by atoms with E-state index in [4.69, 9.17) is 5.73 Å². The van der Waals surface area contributed by atoms with E-state index in [0.29, 0.717) is 12.1 Å². The lowest BCUT2D eigenvalue weighted by molar-refractivity contribution is -0.348. The minimum absolute atomic E-state index is 0.215. The van der Waals surface area contributed by atoms with Crippen LogP contribution in [0.4, 0.5) is 35.1 Å². The molecule has 1 fully saturated rings. The van der Waals surface area contributed by atoms with E-state index in [2.05, 4.69) is 0 Å². The van der Waals surface area contributed by atoms with Gasteiger partial charge in [0, 0.05) is 12.1 Å². The number of sulfone groups is 1. The van der Waals surface area contributed by atoms with Crippen molar-refractivity contribution < 1.29 is 53.1 Å². The van der Waals surface area contributed by atoms with Crippen LogP contribution < -0.4 is 5.73 Å². The molecule has 212 valence electrons. The van der Waals surface area contributed by atoms with Crippen LogP contribution in [-0.2, 0) is 36.3 Å². The Balaban J connectivity index is 1.95. The number of likely N-dealkylation sites (tertiary alicyclic amines) is 1. The molecule has 1 aliphatic carbocycles. The summed E-state index contributed by atoms with van der Waals surface area (Å²) in [7, 11) is -4.61. The van der Waals surface area contributed by atoms with Crippen LogP contribution in [0.3, 0.4) is 0 Å². The Kier molecular flexibility index (Phi) is 6.76. The fourth-order valence-corrected chi connectivity index (χ4v) is 7.97. The Morgan fingerprint density at radius 2 is 1.56 bits per heavy atom. The summed E-state index contributed by atoms with van der Waals surface area (Å²) in [6.45, 7) is -0.240. The number of halogens is 8. The summed E-state index contributed by atoms with van der Waals surface area (Å²) >= 11 is 0. The molecule has 2 aromatic rings. The first kappa shape index (κ1) is 28.8. The summed E-state index contributed by atoms with van der Waals surface area (Å²) in [6.07, 6.45) is -14.4. The average molecular weight is 584 g/mol. The van der Waals surface area contributed by atoms with Gasteiger partial charge in [0.15, 0.2) is 9.84 Å². The van der Waals surface area contributed by atoms with Crippen LogP contribution in [0, 0.1) is 5.82 Å². The maximum atomic E-state index is 14.8. The molecule has 2 atom stereocenters. The predicted octanol–water partition coefficient (Wildman–Crippen LogP) is 4.21. The lowest BCUT2D eigenvalue weighted by atomic mass is 9.76. The van der Waals surface area contributed by atoms with Crippen molar-refractivity contribution in [2.24, 2.45) is 5.73 Å².